The summed E-state index contributed by atoms with van der Waals surface area (Å²) in [6, 6.07) is 22.4. The van der Waals surface area contributed by atoms with Crippen molar-refractivity contribution in [2.75, 3.05) is 18.0 Å². The zero-order valence-corrected chi connectivity index (χ0v) is 15.3. The molecule has 28 heavy (non-hydrogen) atoms. The molecule has 1 saturated heterocycles. The van der Waals surface area contributed by atoms with Gasteiger partial charge in [0.05, 0.1) is 5.69 Å². The molecule has 0 spiro atoms. The van der Waals surface area contributed by atoms with Crippen molar-refractivity contribution in [3.05, 3.63) is 76.6 Å². The van der Waals surface area contributed by atoms with Crippen molar-refractivity contribution in [1.29, 1.82) is 5.26 Å². The van der Waals surface area contributed by atoms with Crippen LogP contribution in [0.1, 0.15) is 18.4 Å². The van der Waals surface area contributed by atoms with Crippen LogP contribution < -0.4 is 10.5 Å². The molecule has 0 atom stereocenters. The highest BCUT2D eigenvalue weighted by atomic mass is 16.4. The number of hydrogen-bond acceptors (Lipinski definition) is 4. The second-order valence-electron chi connectivity index (χ2n) is 7.19. The Balaban J connectivity index is 1.72. The maximum atomic E-state index is 12.5. The highest BCUT2D eigenvalue weighted by Gasteiger charge is 2.21. The van der Waals surface area contributed by atoms with Gasteiger partial charge in [-0.15, -0.1) is 0 Å². The normalized spacial score (nSPS) is 13.9. The molecule has 0 saturated carbocycles. The number of hydrogen-bond donors (Lipinski definition) is 0. The summed E-state index contributed by atoms with van der Waals surface area (Å²) in [4.78, 5) is 14.6. The van der Waals surface area contributed by atoms with Crippen molar-refractivity contribution < 1.29 is 4.42 Å². The van der Waals surface area contributed by atoms with Crippen molar-refractivity contribution >= 4 is 27.2 Å². The van der Waals surface area contributed by atoms with E-state index in [9.17, 15) is 10.1 Å². The van der Waals surface area contributed by atoms with Crippen LogP contribution in [0.5, 0.6) is 0 Å². The summed E-state index contributed by atoms with van der Waals surface area (Å²) in [6.07, 6.45) is 2.14. The van der Waals surface area contributed by atoms with E-state index in [4.69, 9.17) is 4.42 Å². The Labute approximate surface area is 162 Å². The monoisotopic (exact) mass is 366 g/mol. The summed E-state index contributed by atoms with van der Waals surface area (Å²) in [5.74, 6) is 0.501. The molecular formula is C24H18N2O2. The maximum Gasteiger partial charge on any atom is 0.356 e. The van der Waals surface area contributed by atoms with Gasteiger partial charge in [-0.05, 0) is 40.5 Å². The summed E-state index contributed by atoms with van der Waals surface area (Å²) in [5, 5.41) is 14.0. The number of fused-ring (bicyclic) bond motifs is 3. The second kappa shape index (κ2) is 6.54. The van der Waals surface area contributed by atoms with Crippen LogP contribution in [-0.2, 0) is 0 Å². The van der Waals surface area contributed by atoms with Crippen LogP contribution in [0.15, 0.2) is 69.9 Å². The van der Waals surface area contributed by atoms with Crippen molar-refractivity contribution in [3.63, 3.8) is 0 Å². The lowest BCUT2D eigenvalue weighted by Gasteiger charge is -2.19. The van der Waals surface area contributed by atoms with Gasteiger partial charge in [-0.1, -0.05) is 48.5 Å². The third-order valence-corrected chi connectivity index (χ3v) is 5.52. The molecule has 0 bridgehead atoms. The van der Waals surface area contributed by atoms with E-state index in [1.807, 2.05) is 36.4 Å². The first-order chi connectivity index (χ1) is 13.7. The van der Waals surface area contributed by atoms with Gasteiger partial charge in [-0.3, -0.25) is 0 Å². The van der Waals surface area contributed by atoms with Gasteiger partial charge < -0.3 is 9.32 Å². The Hall–Kier alpha value is -3.58. The molecule has 136 valence electrons. The zero-order chi connectivity index (χ0) is 19.1. The van der Waals surface area contributed by atoms with Gasteiger partial charge in [0.2, 0.25) is 0 Å². The summed E-state index contributed by atoms with van der Waals surface area (Å²) in [7, 11) is 0. The molecule has 3 aromatic carbocycles. The van der Waals surface area contributed by atoms with E-state index >= 15 is 0 Å². The van der Waals surface area contributed by atoms with Crippen LogP contribution in [0.2, 0.25) is 0 Å². The van der Waals surface area contributed by atoms with Crippen LogP contribution in [0, 0.1) is 11.3 Å². The van der Waals surface area contributed by atoms with E-state index in [0.29, 0.717) is 11.4 Å². The Morgan fingerprint density at radius 3 is 2.39 bits per heavy atom. The van der Waals surface area contributed by atoms with Gasteiger partial charge >= 0.3 is 5.63 Å². The van der Waals surface area contributed by atoms with E-state index in [0.717, 1.165) is 47.7 Å². The van der Waals surface area contributed by atoms with Gasteiger partial charge in [0.1, 0.15) is 11.8 Å². The molecule has 0 aliphatic carbocycles. The lowest BCUT2D eigenvalue weighted by molar-refractivity contribution is 0.523. The topological polar surface area (TPSA) is 57.2 Å². The summed E-state index contributed by atoms with van der Waals surface area (Å²) in [6.45, 7) is 1.72. The quantitative estimate of drug-likeness (QED) is 0.464. The molecule has 1 fully saturated rings. The first-order valence-corrected chi connectivity index (χ1v) is 9.50. The molecule has 2 heterocycles. The van der Waals surface area contributed by atoms with E-state index in [2.05, 4.69) is 35.2 Å². The molecule has 4 heteroatoms. The Bertz CT molecular complexity index is 1310. The van der Waals surface area contributed by atoms with Gasteiger partial charge in [0.15, 0.2) is 5.56 Å². The fourth-order valence-corrected chi connectivity index (χ4v) is 4.09. The van der Waals surface area contributed by atoms with Gasteiger partial charge in [0, 0.05) is 24.7 Å². The molecule has 1 aliphatic heterocycles. The van der Waals surface area contributed by atoms with Crippen molar-refractivity contribution in [2.45, 2.75) is 12.8 Å². The van der Waals surface area contributed by atoms with E-state index in [-0.39, 0.29) is 5.56 Å². The number of rotatable bonds is 2. The standard InChI is InChI=1S/C24H18N2O2/c25-15-21-22(26-11-3-4-12-26)14-23(28-24(21)27)18-10-9-17-8-7-16-5-1-2-6-19(16)20(17)13-18/h1-2,5-10,13-14H,3-4,11-12H2. The fourth-order valence-electron chi connectivity index (χ4n) is 4.09. The molecular weight excluding hydrogens is 348 g/mol. The van der Waals surface area contributed by atoms with Gasteiger partial charge in [-0.25, -0.2) is 4.79 Å². The first-order valence-electron chi connectivity index (χ1n) is 9.50. The molecule has 0 unspecified atom stereocenters. The Kier molecular flexibility index (Phi) is 3.87. The van der Waals surface area contributed by atoms with Crippen molar-refractivity contribution in [2.24, 2.45) is 0 Å². The van der Waals surface area contributed by atoms with Crippen LogP contribution in [-0.4, -0.2) is 13.1 Å². The summed E-state index contributed by atoms with van der Waals surface area (Å²) in [5.41, 5.74) is 1.05. The highest BCUT2D eigenvalue weighted by Crippen LogP contribution is 2.32. The Morgan fingerprint density at radius 1 is 0.893 bits per heavy atom. The maximum absolute atomic E-state index is 12.5. The largest absolute Gasteiger partial charge is 0.422 e. The van der Waals surface area contributed by atoms with Crippen LogP contribution in [0.4, 0.5) is 5.69 Å². The van der Waals surface area contributed by atoms with Crippen LogP contribution in [0.25, 0.3) is 32.9 Å². The van der Waals surface area contributed by atoms with E-state index in [1.165, 1.54) is 5.39 Å². The molecule has 1 aliphatic rings. The van der Waals surface area contributed by atoms with Crippen molar-refractivity contribution in [3.8, 4) is 17.4 Å². The molecule has 5 rings (SSSR count). The lowest BCUT2D eigenvalue weighted by atomic mass is 9.99. The third kappa shape index (κ3) is 2.64. The number of nitrogens with zero attached hydrogens (tertiary/aromatic N) is 2. The van der Waals surface area contributed by atoms with Gasteiger partial charge in [-0.2, -0.15) is 5.26 Å². The van der Waals surface area contributed by atoms with Gasteiger partial charge in [0.25, 0.3) is 0 Å². The van der Waals surface area contributed by atoms with E-state index < -0.39 is 5.63 Å². The molecule has 1 aromatic heterocycles. The summed E-state index contributed by atoms with van der Waals surface area (Å²) >= 11 is 0. The van der Waals surface area contributed by atoms with Crippen LogP contribution >= 0.6 is 0 Å². The Morgan fingerprint density at radius 2 is 1.61 bits per heavy atom. The number of nitriles is 1. The zero-order valence-electron chi connectivity index (χ0n) is 15.3. The predicted octanol–water partition coefficient (Wildman–Crippen LogP) is 5.09. The average Bonchev–Trinajstić information content (AvgIpc) is 3.27. The lowest BCUT2D eigenvalue weighted by Crippen LogP contribution is -2.22. The minimum atomic E-state index is -0.570. The minimum Gasteiger partial charge on any atom is -0.422 e. The molecule has 4 nitrogen and oxygen atoms in total. The smallest absolute Gasteiger partial charge is 0.356 e. The average molecular weight is 366 g/mol. The fraction of sp³-hybridized carbons (Fsp3) is 0.167. The molecule has 0 N–H and O–H groups in total. The predicted molar refractivity (Wildman–Crippen MR) is 112 cm³/mol. The van der Waals surface area contributed by atoms with Crippen molar-refractivity contribution in [1.82, 2.24) is 0 Å². The minimum absolute atomic E-state index is 0.0943. The highest BCUT2D eigenvalue weighted by molar-refractivity contribution is 6.08. The van der Waals surface area contributed by atoms with E-state index in [1.54, 1.807) is 0 Å². The summed E-state index contributed by atoms with van der Waals surface area (Å²) < 4.78 is 5.54. The molecule has 4 aromatic rings. The number of benzene rings is 3. The van der Waals surface area contributed by atoms with Crippen LogP contribution in [0.3, 0.4) is 0 Å². The first kappa shape index (κ1) is 16.6. The SMILES string of the molecule is N#Cc1c(N2CCCC2)cc(-c2ccc3ccc4ccccc4c3c2)oc1=O. The number of anilines is 1. The second-order valence-corrected chi connectivity index (χ2v) is 7.19. The third-order valence-electron chi connectivity index (χ3n) is 5.52. The molecule has 0 amide bonds. The molecule has 0 radical (unpaired) electrons.